The van der Waals surface area contributed by atoms with Crippen LogP contribution in [-0.4, -0.2) is 19.0 Å². The van der Waals surface area contributed by atoms with E-state index in [0.29, 0.717) is 0 Å². The Balaban J connectivity index is 2.28. The van der Waals surface area contributed by atoms with Crippen molar-refractivity contribution in [3.8, 4) is 0 Å². The average molecular weight is 232 g/mol. The Morgan fingerprint density at radius 3 is 2.71 bits per heavy atom. The first-order valence-electron chi connectivity index (χ1n) is 6.43. The largest absolute Gasteiger partial charge is 0.310 e. The third kappa shape index (κ3) is 2.20. The number of carbonyl (C=O) groups excluding carboxylic acids is 1. The summed E-state index contributed by atoms with van der Waals surface area (Å²) in [5.41, 5.74) is 2.20. The van der Waals surface area contributed by atoms with Gasteiger partial charge in [0.15, 0.2) is 0 Å². The highest BCUT2D eigenvalue weighted by Gasteiger charge is 2.35. The zero-order chi connectivity index (χ0) is 12.3. The highest BCUT2D eigenvalue weighted by Crippen LogP contribution is 2.35. The second-order valence-electron chi connectivity index (χ2n) is 4.44. The van der Waals surface area contributed by atoms with Gasteiger partial charge in [0.25, 0.3) is 0 Å². The van der Waals surface area contributed by atoms with Crippen molar-refractivity contribution in [1.82, 2.24) is 5.32 Å². The quantitative estimate of drug-likeness (QED) is 0.846. The molecule has 1 unspecified atom stereocenters. The number of hydrogen-bond donors (Lipinski definition) is 1. The van der Waals surface area contributed by atoms with Gasteiger partial charge in [0.2, 0.25) is 5.91 Å². The molecule has 1 aliphatic heterocycles. The monoisotopic (exact) mass is 232 g/mol. The Morgan fingerprint density at radius 2 is 2.00 bits per heavy atom. The van der Waals surface area contributed by atoms with Gasteiger partial charge in [-0.1, -0.05) is 32.0 Å². The molecule has 0 bridgehead atoms. The predicted octanol–water partition coefficient (Wildman–Crippen LogP) is 2.48. The summed E-state index contributed by atoms with van der Waals surface area (Å²) in [6.07, 6.45) is 2.03. The first-order chi connectivity index (χ1) is 8.29. The number of para-hydroxylation sites is 1. The van der Waals surface area contributed by atoms with E-state index in [1.54, 1.807) is 0 Å². The molecule has 1 aliphatic rings. The van der Waals surface area contributed by atoms with Crippen LogP contribution < -0.4 is 10.2 Å². The molecule has 3 nitrogen and oxygen atoms in total. The summed E-state index contributed by atoms with van der Waals surface area (Å²) in [5, 5.41) is 3.33. The molecule has 1 heterocycles. The van der Waals surface area contributed by atoms with Crippen LogP contribution >= 0.6 is 0 Å². The van der Waals surface area contributed by atoms with Crippen molar-refractivity contribution in [2.75, 3.05) is 18.0 Å². The van der Waals surface area contributed by atoms with Gasteiger partial charge in [0.1, 0.15) is 6.04 Å². The molecular weight excluding hydrogens is 212 g/mol. The number of nitrogens with one attached hydrogen (secondary N) is 1. The Bertz CT molecular complexity index is 403. The smallest absolute Gasteiger partial charge is 0.248 e. The third-order valence-corrected chi connectivity index (χ3v) is 3.10. The molecule has 1 aromatic carbocycles. The number of anilines is 1. The highest BCUT2D eigenvalue weighted by molar-refractivity contribution is 6.04. The zero-order valence-electron chi connectivity index (χ0n) is 10.6. The number of carbonyl (C=O) groups is 1. The van der Waals surface area contributed by atoms with Gasteiger partial charge in [-0.25, -0.2) is 0 Å². The van der Waals surface area contributed by atoms with Crippen molar-refractivity contribution in [2.24, 2.45) is 0 Å². The third-order valence-electron chi connectivity index (χ3n) is 3.10. The van der Waals surface area contributed by atoms with Crippen LogP contribution in [-0.2, 0) is 4.79 Å². The molecule has 0 aromatic heterocycles. The Hall–Kier alpha value is -1.35. The van der Waals surface area contributed by atoms with Crippen molar-refractivity contribution in [2.45, 2.75) is 32.7 Å². The average Bonchev–Trinajstić information content (AvgIpc) is 2.61. The number of nitrogens with zero attached hydrogens (tertiary/aromatic N) is 1. The fraction of sp³-hybridized carbons (Fsp3) is 0.500. The Kier molecular flexibility index (Phi) is 3.79. The van der Waals surface area contributed by atoms with E-state index in [0.717, 1.165) is 37.2 Å². The lowest BCUT2D eigenvalue weighted by Crippen LogP contribution is -2.35. The summed E-state index contributed by atoms with van der Waals surface area (Å²) in [7, 11) is 0. The molecule has 0 fully saturated rings. The van der Waals surface area contributed by atoms with Crippen LogP contribution in [0.25, 0.3) is 0 Å². The summed E-state index contributed by atoms with van der Waals surface area (Å²) in [6.45, 7) is 5.90. The molecule has 1 aromatic rings. The van der Waals surface area contributed by atoms with Crippen molar-refractivity contribution in [3.05, 3.63) is 29.8 Å². The predicted molar refractivity (Wildman–Crippen MR) is 70.1 cm³/mol. The number of fused-ring (bicyclic) bond motifs is 1. The van der Waals surface area contributed by atoms with E-state index in [1.807, 2.05) is 23.1 Å². The van der Waals surface area contributed by atoms with Crippen molar-refractivity contribution < 1.29 is 4.79 Å². The van der Waals surface area contributed by atoms with E-state index in [9.17, 15) is 4.79 Å². The zero-order valence-corrected chi connectivity index (χ0v) is 10.6. The molecule has 1 amide bonds. The molecule has 1 atom stereocenters. The van der Waals surface area contributed by atoms with E-state index in [-0.39, 0.29) is 11.9 Å². The van der Waals surface area contributed by atoms with E-state index in [1.165, 1.54) is 0 Å². The SMILES string of the molecule is CCCNC1C(=O)N(CCC)c2ccccc21. The fourth-order valence-corrected chi connectivity index (χ4v) is 2.33. The van der Waals surface area contributed by atoms with E-state index in [2.05, 4.69) is 25.2 Å². The minimum absolute atomic E-state index is 0.141. The van der Waals surface area contributed by atoms with Crippen LogP contribution in [0.5, 0.6) is 0 Å². The molecule has 3 heteroatoms. The lowest BCUT2D eigenvalue weighted by atomic mass is 10.1. The number of rotatable bonds is 5. The Morgan fingerprint density at radius 1 is 1.24 bits per heavy atom. The van der Waals surface area contributed by atoms with Crippen LogP contribution in [0.4, 0.5) is 5.69 Å². The van der Waals surface area contributed by atoms with Gasteiger partial charge in [0, 0.05) is 17.8 Å². The van der Waals surface area contributed by atoms with Gasteiger partial charge in [-0.15, -0.1) is 0 Å². The molecule has 1 N–H and O–H groups in total. The van der Waals surface area contributed by atoms with E-state index >= 15 is 0 Å². The van der Waals surface area contributed by atoms with Crippen molar-refractivity contribution in [1.29, 1.82) is 0 Å². The van der Waals surface area contributed by atoms with Crippen LogP contribution in [0.15, 0.2) is 24.3 Å². The second kappa shape index (κ2) is 5.32. The molecule has 0 spiro atoms. The molecule has 2 rings (SSSR count). The Labute approximate surface area is 103 Å². The lowest BCUT2D eigenvalue weighted by Gasteiger charge is -2.17. The van der Waals surface area contributed by atoms with Gasteiger partial charge >= 0.3 is 0 Å². The molecule has 0 aliphatic carbocycles. The minimum atomic E-state index is -0.141. The summed E-state index contributed by atoms with van der Waals surface area (Å²) in [6, 6.07) is 7.95. The highest BCUT2D eigenvalue weighted by atomic mass is 16.2. The normalized spacial score (nSPS) is 18.6. The standard InChI is InChI=1S/C14H20N2O/c1-3-9-15-13-11-7-5-6-8-12(11)16(10-4-2)14(13)17/h5-8,13,15H,3-4,9-10H2,1-2H3. The maximum Gasteiger partial charge on any atom is 0.248 e. The van der Waals surface area contributed by atoms with Crippen molar-refractivity contribution in [3.63, 3.8) is 0 Å². The first-order valence-corrected chi connectivity index (χ1v) is 6.43. The van der Waals surface area contributed by atoms with Gasteiger partial charge in [-0.05, 0) is 25.5 Å². The van der Waals surface area contributed by atoms with Crippen LogP contribution in [0.3, 0.4) is 0 Å². The summed E-state index contributed by atoms with van der Waals surface area (Å²) >= 11 is 0. The van der Waals surface area contributed by atoms with E-state index < -0.39 is 0 Å². The van der Waals surface area contributed by atoms with Gasteiger partial charge in [-0.3, -0.25) is 4.79 Å². The molecule has 0 saturated heterocycles. The lowest BCUT2D eigenvalue weighted by molar-refractivity contribution is -0.120. The first kappa shape index (κ1) is 12.1. The van der Waals surface area contributed by atoms with Gasteiger partial charge in [0.05, 0.1) is 0 Å². The van der Waals surface area contributed by atoms with Gasteiger partial charge in [-0.2, -0.15) is 0 Å². The second-order valence-corrected chi connectivity index (χ2v) is 4.44. The minimum Gasteiger partial charge on any atom is -0.310 e. The number of hydrogen-bond acceptors (Lipinski definition) is 2. The maximum absolute atomic E-state index is 12.3. The topological polar surface area (TPSA) is 32.3 Å². The number of amides is 1. The van der Waals surface area contributed by atoms with Gasteiger partial charge < -0.3 is 10.2 Å². The van der Waals surface area contributed by atoms with E-state index in [4.69, 9.17) is 0 Å². The number of benzene rings is 1. The van der Waals surface area contributed by atoms with Crippen LogP contribution in [0.1, 0.15) is 38.3 Å². The molecule has 0 radical (unpaired) electrons. The van der Waals surface area contributed by atoms with Crippen LogP contribution in [0, 0.1) is 0 Å². The molecular formula is C14H20N2O. The molecule has 0 saturated carbocycles. The van der Waals surface area contributed by atoms with Crippen molar-refractivity contribution >= 4 is 11.6 Å². The summed E-state index contributed by atoms with van der Waals surface area (Å²) < 4.78 is 0. The molecule has 92 valence electrons. The van der Waals surface area contributed by atoms with Crippen LogP contribution in [0.2, 0.25) is 0 Å². The summed E-state index contributed by atoms with van der Waals surface area (Å²) in [4.78, 5) is 14.2. The maximum atomic E-state index is 12.3. The summed E-state index contributed by atoms with van der Waals surface area (Å²) in [5.74, 6) is 0.196. The fourth-order valence-electron chi connectivity index (χ4n) is 2.33. The molecule has 17 heavy (non-hydrogen) atoms.